The molecule has 0 aliphatic carbocycles. The molecule has 0 bridgehead atoms. The van der Waals surface area contributed by atoms with E-state index in [0.29, 0.717) is 11.4 Å². The summed E-state index contributed by atoms with van der Waals surface area (Å²) in [6.07, 6.45) is 2.24. The Labute approximate surface area is 108 Å². The maximum absolute atomic E-state index is 11.9. The normalized spacial score (nSPS) is 21.2. The summed E-state index contributed by atoms with van der Waals surface area (Å²) in [5, 5.41) is 0. The van der Waals surface area contributed by atoms with Crippen LogP contribution in [-0.2, 0) is 9.84 Å². The number of alkyl halides is 1. The molecule has 0 aromatic carbocycles. The number of rotatable bonds is 3. The Morgan fingerprint density at radius 3 is 2.19 bits per heavy atom. The Kier molecular flexibility index (Phi) is 4.84. The third-order valence-corrected chi connectivity index (χ3v) is 6.63. The van der Waals surface area contributed by atoms with Gasteiger partial charge >= 0.3 is 0 Å². The largest absolute Gasteiger partial charge is 0.302 e. The van der Waals surface area contributed by atoms with E-state index in [1.165, 1.54) is 0 Å². The van der Waals surface area contributed by atoms with Crippen LogP contribution in [0, 0.1) is 0 Å². The van der Waals surface area contributed by atoms with Crippen LogP contribution in [0.5, 0.6) is 0 Å². The molecule has 0 saturated carbocycles. The lowest BCUT2D eigenvalue weighted by Crippen LogP contribution is -2.40. The average Bonchev–Trinajstić information content (AvgIpc) is 2.15. The topological polar surface area (TPSA) is 37.4 Å². The van der Waals surface area contributed by atoms with Gasteiger partial charge in [0.05, 0.1) is 10.5 Å². The molecular weight excluding hydrogens is 290 g/mol. The molecule has 0 aromatic heterocycles. The highest BCUT2D eigenvalue weighted by molar-refractivity contribution is 9.09. The minimum atomic E-state index is -2.96. The van der Waals surface area contributed by atoms with Crippen LogP contribution in [0.1, 0.15) is 33.6 Å². The van der Waals surface area contributed by atoms with Gasteiger partial charge < -0.3 is 4.90 Å². The van der Waals surface area contributed by atoms with Crippen LogP contribution in [0.3, 0.4) is 0 Å². The minimum Gasteiger partial charge on any atom is -0.302 e. The van der Waals surface area contributed by atoms with Crippen LogP contribution in [-0.4, -0.2) is 48.3 Å². The molecule has 0 amide bonds. The summed E-state index contributed by atoms with van der Waals surface area (Å²) in [5.74, 6) is 0.281. The standard InChI is InChI=1S/C11H22BrNO2S/c1-11(2,3)16(14,15)9-8-13-6-4-10(12)5-7-13/h10H,4-9H2,1-3H3. The molecule has 1 heterocycles. The van der Waals surface area contributed by atoms with E-state index in [-0.39, 0.29) is 5.75 Å². The van der Waals surface area contributed by atoms with Gasteiger partial charge in [-0.15, -0.1) is 0 Å². The van der Waals surface area contributed by atoms with Gasteiger partial charge in [0.1, 0.15) is 0 Å². The first-order valence-electron chi connectivity index (χ1n) is 5.81. The third-order valence-electron chi connectivity index (χ3n) is 3.13. The van der Waals surface area contributed by atoms with Crippen molar-refractivity contribution in [3.63, 3.8) is 0 Å². The molecule has 0 aromatic rings. The number of halogens is 1. The summed E-state index contributed by atoms with van der Waals surface area (Å²) >= 11 is 3.59. The quantitative estimate of drug-likeness (QED) is 0.749. The molecule has 3 nitrogen and oxygen atoms in total. The second-order valence-corrected chi connectivity index (χ2v) is 9.60. The Hall–Kier alpha value is 0.390. The first-order chi connectivity index (χ1) is 7.22. The van der Waals surface area contributed by atoms with Gasteiger partial charge in [0, 0.05) is 11.4 Å². The highest BCUT2D eigenvalue weighted by Gasteiger charge is 2.29. The number of likely N-dealkylation sites (tertiary alicyclic amines) is 1. The molecule has 16 heavy (non-hydrogen) atoms. The number of hydrogen-bond acceptors (Lipinski definition) is 3. The van der Waals surface area contributed by atoms with Gasteiger partial charge in [-0.2, -0.15) is 0 Å². The molecule has 1 rings (SSSR count). The van der Waals surface area contributed by atoms with E-state index in [1.807, 2.05) is 0 Å². The molecule has 5 heteroatoms. The zero-order chi connectivity index (χ0) is 12.4. The maximum Gasteiger partial charge on any atom is 0.156 e. The number of hydrogen-bond donors (Lipinski definition) is 0. The summed E-state index contributed by atoms with van der Waals surface area (Å²) in [4.78, 5) is 2.86. The van der Waals surface area contributed by atoms with Crippen LogP contribution in [0.25, 0.3) is 0 Å². The number of piperidine rings is 1. The summed E-state index contributed by atoms with van der Waals surface area (Å²) < 4.78 is 23.2. The number of nitrogens with zero attached hydrogens (tertiary/aromatic N) is 1. The Bertz CT molecular complexity index is 313. The van der Waals surface area contributed by atoms with Crippen molar-refractivity contribution in [2.24, 2.45) is 0 Å². The van der Waals surface area contributed by atoms with E-state index in [2.05, 4.69) is 20.8 Å². The van der Waals surface area contributed by atoms with E-state index in [0.717, 1.165) is 25.9 Å². The van der Waals surface area contributed by atoms with Crippen molar-refractivity contribution in [3.05, 3.63) is 0 Å². The summed E-state index contributed by atoms with van der Waals surface area (Å²) in [6.45, 7) is 8.01. The Morgan fingerprint density at radius 2 is 1.75 bits per heavy atom. The fourth-order valence-electron chi connectivity index (χ4n) is 1.68. The lowest BCUT2D eigenvalue weighted by molar-refractivity contribution is 0.246. The van der Waals surface area contributed by atoms with Gasteiger partial charge in [-0.05, 0) is 46.7 Å². The van der Waals surface area contributed by atoms with E-state index in [4.69, 9.17) is 0 Å². The molecule has 0 radical (unpaired) electrons. The molecule has 1 aliphatic heterocycles. The first-order valence-corrected chi connectivity index (χ1v) is 8.38. The van der Waals surface area contributed by atoms with Crippen molar-refractivity contribution >= 4 is 25.8 Å². The highest BCUT2D eigenvalue weighted by atomic mass is 79.9. The van der Waals surface area contributed by atoms with Gasteiger partial charge in [-0.25, -0.2) is 8.42 Å². The van der Waals surface area contributed by atoms with Crippen molar-refractivity contribution in [1.29, 1.82) is 0 Å². The zero-order valence-electron chi connectivity index (χ0n) is 10.4. The molecule has 0 spiro atoms. The van der Waals surface area contributed by atoms with Crippen LogP contribution in [0.2, 0.25) is 0 Å². The molecule has 1 saturated heterocycles. The first kappa shape index (κ1) is 14.5. The van der Waals surface area contributed by atoms with Crippen LogP contribution >= 0.6 is 15.9 Å². The highest BCUT2D eigenvalue weighted by Crippen LogP contribution is 2.19. The summed E-state index contributed by atoms with van der Waals surface area (Å²) in [7, 11) is -2.96. The fraction of sp³-hybridized carbons (Fsp3) is 1.00. The molecular formula is C11H22BrNO2S. The molecule has 1 aliphatic rings. The van der Waals surface area contributed by atoms with Gasteiger partial charge in [-0.3, -0.25) is 0 Å². The van der Waals surface area contributed by atoms with E-state index in [1.54, 1.807) is 20.8 Å². The monoisotopic (exact) mass is 311 g/mol. The van der Waals surface area contributed by atoms with Gasteiger partial charge in [-0.1, -0.05) is 15.9 Å². The van der Waals surface area contributed by atoms with Crippen molar-refractivity contribution in [1.82, 2.24) is 4.90 Å². The van der Waals surface area contributed by atoms with Gasteiger partial charge in [0.2, 0.25) is 0 Å². The van der Waals surface area contributed by atoms with Crippen molar-refractivity contribution < 1.29 is 8.42 Å². The second-order valence-electron chi connectivity index (χ2n) is 5.45. The molecule has 0 atom stereocenters. The lowest BCUT2D eigenvalue weighted by atomic mass is 10.1. The minimum absolute atomic E-state index is 0.281. The van der Waals surface area contributed by atoms with E-state index in [9.17, 15) is 8.42 Å². The molecule has 1 fully saturated rings. The molecule has 96 valence electrons. The second kappa shape index (κ2) is 5.36. The van der Waals surface area contributed by atoms with Gasteiger partial charge in [0.25, 0.3) is 0 Å². The predicted octanol–water partition coefficient (Wildman–Crippen LogP) is 2.06. The smallest absolute Gasteiger partial charge is 0.156 e. The molecule has 0 N–H and O–H groups in total. The predicted molar refractivity (Wildman–Crippen MR) is 71.9 cm³/mol. The van der Waals surface area contributed by atoms with Crippen molar-refractivity contribution in [3.8, 4) is 0 Å². The van der Waals surface area contributed by atoms with E-state index < -0.39 is 14.6 Å². The third kappa shape index (κ3) is 4.00. The van der Waals surface area contributed by atoms with Crippen molar-refractivity contribution in [2.45, 2.75) is 43.2 Å². The van der Waals surface area contributed by atoms with Gasteiger partial charge in [0.15, 0.2) is 9.84 Å². The number of sulfone groups is 1. The zero-order valence-corrected chi connectivity index (χ0v) is 12.8. The SMILES string of the molecule is CC(C)(C)S(=O)(=O)CCN1CCC(Br)CC1. The van der Waals surface area contributed by atoms with Crippen LogP contribution in [0.4, 0.5) is 0 Å². The molecule has 0 unspecified atom stereocenters. The van der Waals surface area contributed by atoms with Crippen molar-refractivity contribution in [2.75, 3.05) is 25.4 Å². The van der Waals surface area contributed by atoms with Crippen LogP contribution in [0.15, 0.2) is 0 Å². The summed E-state index contributed by atoms with van der Waals surface area (Å²) in [5.41, 5.74) is 0. The van der Waals surface area contributed by atoms with E-state index >= 15 is 0 Å². The lowest BCUT2D eigenvalue weighted by Gasteiger charge is -2.30. The fourth-order valence-corrected chi connectivity index (χ4v) is 3.20. The average molecular weight is 312 g/mol. The maximum atomic E-state index is 11.9. The Morgan fingerprint density at radius 1 is 1.25 bits per heavy atom. The summed E-state index contributed by atoms with van der Waals surface area (Å²) in [6, 6.07) is 0. The van der Waals surface area contributed by atoms with Crippen LogP contribution < -0.4 is 0 Å². The Balaban J connectivity index is 2.41.